The normalized spacial score (nSPS) is 10.6. The van der Waals surface area contributed by atoms with Gasteiger partial charge in [0.25, 0.3) is 5.56 Å². The van der Waals surface area contributed by atoms with E-state index in [-0.39, 0.29) is 23.0 Å². The van der Waals surface area contributed by atoms with Gasteiger partial charge in [-0.05, 0) is 42.8 Å². The van der Waals surface area contributed by atoms with Gasteiger partial charge in [0.05, 0.1) is 18.9 Å². The topological polar surface area (TPSA) is 131 Å². The number of carbonyl (C=O) groups excluding carboxylic acids is 1. The lowest BCUT2D eigenvalue weighted by Gasteiger charge is -2.09. The smallest absolute Gasteiger partial charge is 0.345 e. The second-order valence-electron chi connectivity index (χ2n) is 5.50. The third kappa shape index (κ3) is 4.55. The number of rotatable bonds is 6. The van der Waals surface area contributed by atoms with Crippen LogP contribution >= 0.6 is 0 Å². The summed E-state index contributed by atoms with van der Waals surface area (Å²) in [6.07, 6.45) is 4.46. The van der Waals surface area contributed by atoms with E-state index in [2.05, 4.69) is 30.7 Å². The zero-order chi connectivity index (χ0) is 19.9. The summed E-state index contributed by atoms with van der Waals surface area (Å²) in [5, 5.41) is 11.4. The lowest BCUT2D eigenvalue weighted by Crippen LogP contribution is -2.15. The minimum absolute atomic E-state index is 0.112. The highest BCUT2D eigenvalue weighted by Gasteiger charge is 2.12. The zero-order valence-electron chi connectivity index (χ0n) is 15.0. The number of H-pyrrole nitrogens is 1. The molecular formula is C18H16N6O4. The van der Waals surface area contributed by atoms with Crippen molar-refractivity contribution in [2.24, 2.45) is 5.10 Å². The molecule has 0 aliphatic carbocycles. The number of hydrazone groups is 1. The second-order valence-corrected chi connectivity index (χ2v) is 5.50. The maximum atomic E-state index is 12.2. The van der Waals surface area contributed by atoms with Crippen molar-refractivity contribution in [3.8, 4) is 11.5 Å². The largest absolute Gasteiger partial charge is 0.493 e. The van der Waals surface area contributed by atoms with Crippen LogP contribution in [0.25, 0.3) is 0 Å². The van der Waals surface area contributed by atoms with Crippen LogP contribution in [0.1, 0.15) is 21.6 Å². The van der Waals surface area contributed by atoms with Gasteiger partial charge in [0.2, 0.25) is 5.95 Å². The number of aryl methyl sites for hydroxylation is 1. The lowest BCUT2D eigenvalue weighted by molar-refractivity contribution is 0.0729. The molecule has 2 aromatic heterocycles. The number of aromatic amines is 1. The van der Waals surface area contributed by atoms with E-state index in [1.165, 1.54) is 19.5 Å². The summed E-state index contributed by atoms with van der Waals surface area (Å²) in [7, 11) is 1.46. The first-order valence-electron chi connectivity index (χ1n) is 8.10. The summed E-state index contributed by atoms with van der Waals surface area (Å²) in [6.45, 7) is 1.55. The maximum Gasteiger partial charge on any atom is 0.345 e. The first-order chi connectivity index (χ1) is 13.6. The molecule has 0 amide bonds. The average Bonchev–Trinajstić information content (AvgIpc) is 2.72. The summed E-state index contributed by atoms with van der Waals surface area (Å²) in [4.78, 5) is 30.0. The molecule has 0 bridgehead atoms. The third-order valence-corrected chi connectivity index (χ3v) is 3.53. The molecule has 28 heavy (non-hydrogen) atoms. The molecule has 10 heteroatoms. The van der Waals surface area contributed by atoms with Crippen LogP contribution in [0.2, 0.25) is 0 Å². The Morgan fingerprint density at radius 3 is 2.82 bits per heavy atom. The molecule has 2 N–H and O–H groups in total. The number of anilines is 1. The van der Waals surface area contributed by atoms with Crippen LogP contribution in [-0.4, -0.2) is 39.5 Å². The van der Waals surface area contributed by atoms with Gasteiger partial charge in [-0.1, -0.05) is 0 Å². The minimum atomic E-state index is -0.545. The van der Waals surface area contributed by atoms with Gasteiger partial charge in [-0.3, -0.25) is 14.8 Å². The highest BCUT2D eigenvalue weighted by atomic mass is 16.6. The number of nitrogens with one attached hydrogen (secondary N) is 2. The molecule has 0 aliphatic heterocycles. The Morgan fingerprint density at radius 2 is 2.11 bits per heavy atom. The molecule has 0 aliphatic rings. The number of methoxy groups -OCH3 is 1. The van der Waals surface area contributed by atoms with Crippen LogP contribution in [0.3, 0.4) is 0 Å². The number of nitrogens with zero attached hydrogens (tertiary/aromatic N) is 4. The van der Waals surface area contributed by atoms with E-state index in [9.17, 15) is 9.59 Å². The molecule has 1 aromatic carbocycles. The van der Waals surface area contributed by atoms with Crippen molar-refractivity contribution in [1.29, 1.82) is 0 Å². The maximum absolute atomic E-state index is 12.2. The Morgan fingerprint density at radius 1 is 1.25 bits per heavy atom. The van der Waals surface area contributed by atoms with Crippen LogP contribution in [0.15, 0.2) is 52.6 Å². The van der Waals surface area contributed by atoms with Gasteiger partial charge in [-0.25, -0.2) is 10.2 Å². The van der Waals surface area contributed by atoms with E-state index in [0.29, 0.717) is 16.9 Å². The van der Waals surface area contributed by atoms with Crippen LogP contribution in [0.4, 0.5) is 5.95 Å². The monoisotopic (exact) mass is 380 g/mol. The predicted molar refractivity (Wildman–Crippen MR) is 101 cm³/mol. The van der Waals surface area contributed by atoms with E-state index < -0.39 is 5.97 Å². The van der Waals surface area contributed by atoms with Crippen LogP contribution < -0.4 is 20.5 Å². The average molecular weight is 380 g/mol. The number of aromatic nitrogens is 4. The van der Waals surface area contributed by atoms with Crippen molar-refractivity contribution < 1.29 is 14.3 Å². The Balaban J connectivity index is 1.71. The van der Waals surface area contributed by atoms with Gasteiger partial charge in [0.1, 0.15) is 5.69 Å². The molecule has 0 atom stereocenters. The molecule has 3 aromatic rings. The fourth-order valence-electron chi connectivity index (χ4n) is 2.10. The molecule has 0 saturated heterocycles. The molecule has 0 spiro atoms. The van der Waals surface area contributed by atoms with Gasteiger partial charge in [-0.2, -0.15) is 5.10 Å². The molecule has 2 heterocycles. The summed E-state index contributed by atoms with van der Waals surface area (Å²) in [6, 6.07) is 8.16. The fourth-order valence-corrected chi connectivity index (χ4v) is 2.10. The van der Waals surface area contributed by atoms with E-state index in [0.717, 1.165) is 0 Å². The molecule has 3 rings (SSSR count). The number of carbonyl (C=O) groups is 1. The van der Waals surface area contributed by atoms with Crippen LogP contribution in [-0.2, 0) is 0 Å². The molecule has 0 radical (unpaired) electrons. The minimum Gasteiger partial charge on any atom is -0.493 e. The van der Waals surface area contributed by atoms with Crippen molar-refractivity contribution in [3.63, 3.8) is 0 Å². The lowest BCUT2D eigenvalue weighted by atomic mass is 10.2. The number of esters is 1. The second kappa shape index (κ2) is 8.54. The Hall–Kier alpha value is -4.08. The van der Waals surface area contributed by atoms with Crippen molar-refractivity contribution in [3.05, 3.63) is 69.9 Å². The number of hydrogen-bond donors (Lipinski definition) is 2. The van der Waals surface area contributed by atoms with Gasteiger partial charge < -0.3 is 9.47 Å². The number of ether oxygens (including phenoxy) is 2. The quantitative estimate of drug-likeness (QED) is 0.285. The third-order valence-electron chi connectivity index (χ3n) is 3.53. The standard InChI is InChI=1S/C18H16N6O4/c1-11-16(25)21-18(24-22-11)23-20-9-12-5-6-14(15(8-12)27-2)28-17(26)13-4-3-7-19-10-13/h3-10H,1-2H3,(H2,21,23,24,25). The summed E-state index contributed by atoms with van der Waals surface area (Å²) in [5.74, 6) is 0.178. The molecule has 0 saturated carbocycles. The number of hydrogen-bond acceptors (Lipinski definition) is 9. The Bertz CT molecular complexity index is 1070. The van der Waals surface area contributed by atoms with Gasteiger partial charge in [0.15, 0.2) is 11.5 Å². The van der Waals surface area contributed by atoms with E-state index in [4.69, 9.17) is 9.47 Å². The van der Waals surface area contributed by atoms with E-state index in [1.54, 1.807) is 43.5 Å². The Kier molecular flexibility index (Phi) is 5.70. The van der Waals surface area contributed by atoms with Gasteiger partial charge in [0, 0.05) is 12.4 Å². The number of benzene rings is 1. The first-order valence-corrected chi connectivity index (χ1v) is 8.10. The van der Waals surface area contributed by atoms with Crippen molar-refractivity contribution in [2.45, 2.75) is 6.92 Å². The molecule has 10 nitrogen and oxygen atoms in total. The Labute approximate surface area is 159 Å². The summed E-state index contributed by atoms with van der Waals surface area (Å²) >= 11 is 0. The highest BCUT2D eigenvalue weighted by Crippen LogP contribution is 2.28. The molecule has 0 unspecified atom stereocenters. The number of pyridine rings is 1. The fraction of sp³-hybridized carbons (Fsp3) is 0.111. The van der Waals surface area contributed by atoms with Crippen LogP contribution in [0.5, 0.6) is 11.5 Å². The molecule has 0 fully saturated rings. The molecule has 142 valence electrons. The predicted octanol–water partition coefficient (Wildman–Crippen LogP) is 1.54. The summed E-state index contributed by atoms with van der Waals surface area (Å²) in [5.41, 5.74) is 3.47. The zero-order valence-corrected chi connectivity index (χ0v) is 15.0. The van der Waals surface area contributed by atoms with E-state index in [1.807, 2.05) is 0 Å². The van der Waals surface area contributed by atoms with Crippen molar-refractivity contribution >= 4 is 18.1 Å². The van der Waals surface area contributed by atoms with Crippen molar-refractivity contribution in [1.82, 2.24) is 20.2 Å². The van der Waals surface area contributed by atoms with E-state index >= 15 is 0 Å². The SMILES string of the molecule is COc1cc(C=NNc2nnc(C)c(=O)[nH]2)ccc1OC(=O)c1cccnc1. The van der Waals surface area contributed by atoms with Crippen molar-refractivity contribution in [2.75, 3.05) is 12.5 Å². The first kappa shape index (κ1) is 18.7. The molecular weight excluding hydrogens is 364 g/mol. The van der Waals surface area contributed by atoms with Gasteiger partial charge in [-0.15, -0.1) is 10.2 Å². The van der Waals surface area contributed by atoms with Gasteiger partial charge >= 0.3 is 5.97 Å². The highest BCUT2D eigenvalue weighted by molar-refractivity contribution is 5.91. The summed E-state index contributed by atoms with van der Waals surface area (Å²) < 4.78 is 10.6. The van der Waals surface area contributed by atoms with Crippen LogP contribution in [0, 0.1) is 6.92 Å².